The SMILES string of the molecule is CC(C=CC=C(C)C=CC(=O)C1(C)CCCC1(C)C)=CC=CC=C(C)C=CC=C(C)C=CC1=C(C)CCCC1(C)C. The van der Waals surface area contributed by atoms with E-state index in [4.69, 9.17) is 0 Å². The number of carbonyl (C=O) groups excluding carboxylic acids is 1. The van der Waals surface area contributed by atoms with Crippen molar-refractivity contribution >= 4 is 5.78 Å². The highest BCUT2D eigenvalue weighted by atomic mass is 16.1. The summed E-state index contributed by atoms with van der Waals surface area (Å²) >= 11 is 0. The van der Waals surface area contributed by atoms with Crippen LogP contribution in [-0.2, 0) is 4.79 Å². The van der Waals surface area contributed by atoms with Crippen LogP contribution in [0.3, 0.4) is 0 Å². The minimum absolute atomic E-state index is 0.0718. The van der Waals surface area contributed by atoms with Gasteiger partial charge < -0.3 is 0 Å². The highest BCUT2D eigenvalue weighted by molar-refractivity contribution is 5.95. The first-order chi connectivity index (χ1) is 19.2. The lowest BCUT2D eigenvalue weighted by Gasteiger charge is -2.36. The molecule has 1 saturated carbocycles. The number of allylic oxidation sites excluding steroid dienone is 20. The quantitative estimate of drug-likeness (QED) is 0.184. The normalized spacial score (nSPS) is 24.8. The lowest BCUT2D eigenvalue weighted by molar-refractivity contribution is -0.127. The molecule has 2 rings (SSSR count). The van der Waals surface area contributed by atoms with Crippen molar-refractivity contribution < 1.29 is 4.79 Å². The van der Waals surface area contributed by atoms with E-state index in [1.165, 1.54) is 47.1 Å². The number of rotatable bonds is 11. The molecule has 2 aliphatic carbocycles. The van der Waals surface area contributed by atoms with Gasteiger partial charge in [0.05, 0.1) is 0 Å². The lowest BCUT2D eigenvalue weighted by Crippen LogP contribution is -2.36. The van der Waals surface area contributed by atoms with E-state index in [1.54, 1.807) is 6.08 Å². The van der Waals surface area contributed by atoms with E-state index < -0.39 is 0 Å². The van der Waals surface area contributed by atoms with Crippen molar-refractivity contribution in [1.29, 1.82) is 0 Å². The zero-order chi connectivity index (χ0) is 30.7. The minimum atomic E-state index is -0.246. The summed E-state index contributed by atoms with van der Waals surface area (Å²) in [6, 6.07) is 0. The third-order valence-corrected chi connectivity index (χ3v) is 9.33. The van der Waals surface area contributed by atoms with Gasteiger partial charge in [0, 0.05) is 5.41 Å². The second-order valence-electron chi connectivity index (χ2n) is 13.8. The first-order valence-electron chi connectivity index (χ1n) is 15.5. The summed E-state index contributed by atoms with van der Waals surface area (Å²) < 4.78 is 0. The van der Waals surface area contributed by atoms with Crippen molar-refractivity contribution in [3.05, 3.63) is 119 Å². The summed E-state index contributed by atoms with van der Waals surface area (Å²) in [4.78, 5) is 12.9. The summed E-state index contributed by atoms with van der Waals surface area (Å²) in [5.74, 6) is 0.255. The lowest BCUT2D eigenvalue weighted by atomic mass is 9.66. The Morgan fingerprint density at radius 1 is 0.610 bits per heavy atom. The summed E-state index contributed by atoms with van der Waals surface area (Å²) in [7, 11) is 0. The Bertz CT molecular complexity index is 1240. The van der Waals surface area contributed by atoms with Crippen LogP contribution in [-0.4, -0.2) is 5.78 Å². The van der Waals surface area contributed by atoms with Gasteiger partial charge in [0.1, 0.15) is 0 Å². The Morgan fingerprint density at radius 2 is 1.12 bits per heavy atom. The molecule has 0 aromatic heterocycles. The van der Waals surface area contributed by atoms with E-state index >= 15 is 0 Å². The standard InChI is InChI=1S/C40H56O/c1-31(19-13-21-33(3)24-26-36-35(5)23-15-28-38(36,6)7)17-11-12-18-32(2)20-14-22-34(4)25-27-37(41)40(10)30-16-29-39(40,8)9/h11-14,17-22,24-27H,15-16,23,28-30H2,1-10H3. The maximum Gasteiger partial charge on any atom is 0.162 e. The predicted octanol–water partition coefficient (Wildman–Crippen LogP) is 11.9. The van der Waals surface area contributed by atoms with Gasteiger partial charge in [-0.1, -0.05) is 148 Å². The maximum absolute atomic E-state index is 12.9. The average molecular weight is 553 g/mol. The summed E-state index contributed by atoms with van der Waals surface area (Å²) in [5.41, 5.74) is 7.86. The third kappa shape index (κ3) is 10.4. The molecule has 0 heterocycles. The van der Waals surface area contributed by atoms with E-state index in [0.717, 1.165) is 24.8 Å². The minimum Gasteiger partial charge on any atom is -0.294 e. The second-order valence-corrected chi connectivity index (χ2v) is 13.8. The van der Waals surface area contributed by atoms with Gasteiger partial charge >= 0.3 is 0 Å². The van der Waals surface area contributed by atoms with Crippen molar-refractivity contribution in [2.24, 2.45) is 16.2 Å². The molecule has 222 valence electrons. The molecule has 0 bridgehead atoms. The number of carbonyl (C=O) groups is 1. The van der Waals surface area contributed by atoms with E-state index in [-0.39, 0.29) is 22.0 Å². The van der Waals surface area contributed by atoms with Crippen molar-refractivity contribution in [2.75, 3.05) is 0 Å². The van der Waals surface area contributed by atoms with Crippen LogP contribution in [0.4, 0.5) is 0 Å². The van der Waals surface area contributed by atoms with Gasteiger partial charge in [0.2, 0.25) is 0 Å². The molecule has 0 N–H and O–H groups in total. The fourth-order valence-corrected chi connectivity index (χ4v) is 5.91. The Kier molecular flexibility index (Phi) is 12.8. The molecule has 1 fully saturated rings. The Labute approximate surface area is 252 Å². The fraction of sp³-hybridized carbons (Fsp3) is 0.475. The van der Waals surface area contributed by atoms with Crippen LogP contribution in [0.15, 0.2) is 119 Å². The molecule has 2 aliphatic rings. The molecule has 0 aliphatic heterocycles. The molecule has 0 amide bonds. The van der Waals surface area contributed by atoms with E-state index in [1.807, 2.05) is 19.1 Å². The Balaban J connectivity index is 1.87. The van der Waals surface area contributed by atoms with E-state index in [0.29, 0.717) is 0 Å². The molecule has 0 aromatic carbocycles. The Morgan fingerprint density at radius 3 is 1.63 bits per heavy atom. The molecule has 0 spiro atoms. The predicted molar refractivity (Wildman–Crippen MR) is 182 cm³/mol. The smallest absolute Gasteiger partial charge is 0.162 e. The van der Waals surface area contributed by atoms with Crippen LogP contribution < -0.4 is 0 Å². The largest absolute Gasteiger partial charge is 0.294 e. The molecule has 1 unspecified atom stereocenters. The van der Waals surface area contributed by atoms with Crippen LogP contribution in [0.1, 0.15) is 108 Å². The maximum atomic E-state index is 12.9. The second kappa shape index (κ2) is 15.3. The van der Waals surface area contributed by atoms with Gasteiger partial charge in [0.25, 0.3) is 0 Å². The molecule has 1 heteroatoms. The highest BCUT2D eigenvalue weighted by Crippen LogP contribution is 2.53. The van der Waals surface area contributed by atoms with E-state index in [2.05, 4.69) is 129 Å². The zero-order valence-corrected chi connectivity index (χ0v) is 27.7. The van der Waals surface area contributed by atoms with Crippen molar-refractivity contribution in [3.8, 4) is 0 Å². The monoisotopic (exact) mass is 552 g/mol. The highest BCUT2D eigenvalue weighted by Gasteiger charge is 2.49. The number of ketones is 1. The zero-order valence-electron chi connectivity index (χ0n) is 27.7. The van der Waals surface area contributed by atoms with Gasteiger partial charge in [-0.3, -0.25) is 4.79 Å². The first kappa shape index (κ1) is 34.3. The summed E-state index contributed by atoms with van der Waals surface area (Å²) in [6.45, 7) is 22.0. The van der Waals surface area contributed by atoms with Gasteiger partial charge in [-0.15, -0.1) is 0 Å². The topological polar surface area (TPSA) is 17.1 Å². The van der Waals surface area contributed by atoms with Gasteiger partial charge in [-0.25, -0.2) is 0 Å². The van der Waals surface area contributed by atoms with Gasteiger partial charge in [0.15, 0.2) is 5.78 Å². The van der Waals surface area contributed by atoms with Gasteiger partial charge in [-0.05, 0) is 89.2 Å². The summed E-state index contributed by atoms with van der Waals surface area (Å²) in [5, 5.41) is 0. The third-order valence-electron chi connectivity index (χ3n) is 9.33. The van der Waals surface area contributed by atoms with Crippen molar-refractivity contribution in [2.45, 2.75) is 108 Å². The van der Waals surface area contributed by atoms with Crippen LogP contribution in [0.2, 0.25) is 0 Å². The first-order valence-corrected chi connectivity index (χ1v) is 15.5. The summed E-state index contributed by atoms with van der Waals surface area (Å²) in [6.07, 6.45) is 36.4. The van der Waals surface area contributed by atoms with Crippen LogP contribution in [0.25, 0.3) is 0 Å². The fourth-order valence-electron chi connectivity index (χ4n) is 5.91. The molecule has 1 atom stereocenters. The van der Waals surface area contributed by atoms with E-state index in [9.17, 15) is 4.79 Å². The molecule has 0 saturated heterocycles. The molecular weight excluding hydrogens is 496 g/mol. The van der Waals surface area contributed by atoms with Gasteiger partial charge in [-0.2, -0.15) is 0 Å². The molecule has 41 heavy (non-hydrogen) atoms. The van der Waals surface area contributed by atoms with Crippen molar-refractivity contribution in [1.82, 2.24) is 0 Å². The molecule has 1 nitrogen and oxygen atoms in total. The average Bonchev–Trinajstić information content (AvgIpc) is 3.17. The Hall–Kier alpha value is -2.93. The molecule has 0 aromatic rings. The molecular formula is C40H56O. The number of hydrogen-bond acceptors (Lipinski definition) is 1. The number of hydrogen-bond donors (Lipinski definition) is 0. The van der Waals surface area contributed by atoms with Crippen molar-refractivity contribution in [3.63, 3.8) is 0 Å². The van der Waals surface area contributed by atoms with Crippen LogP contribution in [0.5, 0.6) is 0 Å². The van der Waals surface area contributed by atoms with Crippen LogP contribution in [0, 0.1) is 16.2 Å². The van der Waals surface area contributed by atoms with Crippen LogP contribution >= 0.6 is 0 Å². The molecule has 0 radical (unpaired) electrons.